The van der Waals surface area contributed by atoms with Crippen molar-refractivity contribution in [1.82, 2.24) is 5.32 Å². The molecule has 1 heterocycles. The van der Waals surface area contributed by atoms with Crippen molar-refractivity contribution in [2.75, 3.05) is 18.1 Å². The molecule has 1 saturated heterocycles. The van der Waals surface area contributed by atoms with Gasteiger partial charge in [0, 0.05) is 28.3 Å². The smallest absolute Gasteiger partial charge is 0.0626 e. The Labute approximate surface area is 105 Å². The van der Waals surface area contributed by atoms with Gasteiger partial charge in [-0.05, 0) is 18.4 Å². The van der Waals surface area contributed by atoms with Crippen molar-refractivity contribution < 1.29 is 9.32 Å². The predicted molar refractivity (Wildman–Crippen MR) is 70.3 cm³/mol. The molecule has 3 nitrogen and oxygen atoms in total. The van der Waals surface area contributed by atoms with E-state index in [0.29, 0.717) is 6.04 Å². The summed E-state index contributed by atoms with van der Waals surface area (Å²) in [5, 5.41) is 12.9. The maximum Gasteiger partial charge on any atom is 0.0626 e. The van der Waals surface area contributed by atoms with Gasteiger partial charge in [-0.1, -0.05) is 30.3 Å². The van der Waals surface area contributed by atoms with E-state index < -0.39 is 10.8 Å². The van der Waals surface area contributed by atoms with Crippen LogP contribution < -0.4 is 5.32 Å². The SMILES string of the molecule is O=S1CCC(N[C@H](CO)c2ccccc2)CC1. The fourth-order valence-corrected chi connectivity index (χ4v) is 3.48. The first kappa shape index (κ1) is 12.7. The van der Waals surface area contributed by atoms with Crippen LogP contribution in [0.15, 0.2) is 30.3 Å². The summed E-state index contributed by atoms with van der Waals surface area (Å²) in [7, 11) is -0.625. The van der Waals surface area contributed by atoms with Crippen LogP contribution in [0.5, 0.6) is 0 Å². The third kappa shape index (κ3) is 3.63. The average Bonchev–Trinajstić information content (AvgIpc) is 2.39. The summed E-state index contributed by atoms with van der Waals surface area (Å²) in [5.74, 6) is 1.56. The van der Waals surface area contributed by atoms with Gasteiger partial charge >= 0.3 is 0 Å². The number of aliphatic hydroxyl groups is 1. The number of hydrogen-bond acceptors (Lipinski definition) is 3. The van der Waals surface area contributed by atoms with Crippen LogP contribution in [-0.2, 0) is 10.8 Å². The Balaban J connectivity index is 1.94. The highest BCUT2D eigenvalue weighted by Gasteiger charge is 2.21. The van der Waals surface area contributed by atoms with E-state index in [1.807, 2.05) is 30.3 Å². The zero-order valence-electron chi connectivity index (χ0n) is 9.84. The van der Waals surface area contributed by atoms with Crippen molar-refractivity contribution in [3.8, 4) is 0 Å². The minimum Gasteiger partial charge on any atom is -0.394 e. The van der Waals surface area contributed by atoms with Crippen molar-refractivity contribution in [2.24, 2.45) is 0 Å². The highest BCUT2D eigenvalue weighted by atomic mass is 32.2. The van der Waals surface area contributed by atoms with Crippen molar-refractivity contribution in [1.29, 1.82) is 0 Å². The van der Waals surface area contributed by atoms with Crippen molar-refractivity contribution in [3.05, 3.63) is 35.9 Å². The van der Waals surface area contributed by atoms with E-state index >= 15 is 0 Å². The van der Waals surface area contributed by atoms with Crippen LogP contribution in [0.25, 0.3) is 0 Å². The van der Waals surface area contributed by atoms with E-state index in [-0.39, 0.29) is 12.6 Å². The molecular weight excluding hydrogens is 234 g/mol. The minimum absolute atomic E-state index is 0.00673. The maximum atomic E-state index is 11.3. The summed E-state index contributed by atoms with van der Waals surface area (Å²) < 4.78 is 11.3. The highest BCUT2D eigenvalue weighted by Crippen LogP contribution is 2.17. The van der Waals surface area contributed by atoms with Gasteiger partial charge in [-0.2, -0.15) is 0 Å². The Morgan fingerprint density at radius 1 is 1.29 bits per heavy atom. The molecule has 0 bridgehead atoms. The molecule has 0 aliphatic carbocycles. The summed E-state index contributed by atoms with van der Waals surface area (Å²) in [6, 6.07) is 10.4. The first-order valence-corrected chi connectivity index (χ1v) is 7.55. The fraction of sp³-hybridized carbons (Fsp3) is 0.538. The maximum absolute atomic E-state index is 11.3. The van der Waals surface area contributed by atoms with Gasteiger partial charge in [-0.15, -0.1) is 0 Å². The average molecular weight is 253 g/mol. The molecule has 17 heavy (non-hydrogen) atoms. The first-order valence-electron chi connectivity index (χ1n) is 6.06. The molecule has 0 amide bonds. The topological polar surface area (TPSA) is 49.3 Å². The molecule has 0 spiro atoms. The number of rotatable bonds is 4. The molecule has 0 aromatic heterocycles. The molecule has 1 fully saturated rings. The molecule has 1 aromatic carbocycles. The normalized spacial score (nSPS) is 26.6. The molecular formula is C13H19NO2S. The van der Waals surface area contributed by atoms with Gasteiger partial charge in [0.15, 0.2) is 0 Å². The summed E-state index contributed by atoms with van der Waals surface area (Å²) in [4.78, 5) is 0. The Morgan fingerprint density at radius 2 is 1.94 bits per heavy atom. The summed E-state index contributed by atoms with van der Waals surface area (Å²) in [5.41, 5.74) is 1.11. The lowest BCUT2D eigenvalue weighted by Gasteiger charge is -2.27. The second kappa shape index (κ2) is 6.28. The van der Waals surface area contributed by atoms with Gasteiger partial charge < -0.3 is 10.4 Å². The molecule has 0 saturated carbocycles. The van der Waals surface area contributed by atoms with E-state index in [1.54, 1.807) is 0 Å². The molecule has 1 atom stereocenters. The van der Waals surface area contributed by atoms with Crippen LogP contribution in [0, 0.1) is 0 Å². The molecule has 0 unspecified atom stereocenters. The van der Waals surface area contributed by atoms with Gasteiger partial charge in [-0.3, -0.25) is 4.21 Å². The molecule has 94 valence electrons. The Morgan fingerprint density at radius 3 is 2.53 bits per heavy atom. The second-order valence-corrected chi connectivity index (χ2v) is 6.13. The lowest BCUT2D eigenvalue weighted by Crippen LogP contribution is -2.39. The number of benzene rings is 1. The molecule has 4 heteroatoms. The quantitative estimate of drug-likeness (QED) is 0.848. The first-order chi connectivity index (χ1) is 8.29. The number of aliphatic hydroxyl groups excluding tert-OH is 1. The van der Waals surface area contributed by atoms with Gasteiger partial charge in [-0.25, -0.2) is 0 Å². The van der Waals surface area contributed by atoms with Gasteiger partial charge in [0.2, 0.25) is 0 Å². The molecule has 0 radical (unpaired) electrons. The minimum atomic E-state index is -0.625. The van der Waals surface area contributed by atoms with Crippen molar-refractivity contribution in [2.45, 2.75) is 24.9 Å². The lowest BCUT2D eigenvalue weighted by atomic mass is 10.0. The number of hydrogen-bond donors (Lipinski definition) is 2. The van der Waals surface area contributed by atoms with E-state index in [0.717, 1.165) is 29.9 Å². The zero-order valence-corrected chi connectivity index (χ0v) is 10.7. The molecule has 1 aliphatic heterocycles. The summed E-state index contributed by atoms with van der Waals surface area (Å²) in [6.45, 7) is 0.101. The number of nitrogens with one attached hydrogen (secondary N) is 1. The zero-order chi connectivity index (χ0) is 12.1. The van der Waals surface area contributed by atoms with Crippen LogP contribution in [0.2, 0.25) is 0 Å². The molecule has 1 aliphatic rings. The van der Waals surface area contributed by atoms with E-state index in [4.69, 9.17) is 0 Å². The van der Waals surface area contributed by atoms with Gasteiger partial charge in [0.05, 0.1) is 12.6 Å². The largest absolute Gasteiger partial charge is 0.394 e. The van der Waals surface area contributed by atoms with Crippen molar-refractivity contribution in [3.63, 3.8) is 0 Å². The van der Waals surface area contributed by atoms with Crippen LogP contribution in [0.1, 0.15) is 24.4 Å². The van der Waals surface area contributed by atoms with Gasteiger partial charge in [0.1, 0.15) is 0 Å². The van der Waals surface area contributed by atoms with E-state index in [1.165, 1.54) is 0 Å². The Bertz CT molecular complexity index is 359. The summed E-state index contributed by atoms with van der Waals surface area (Å²) in [6.07, 6.45) is 1.88. The Kier molecular flexibility index (Phi) is 4.71. The van der Waals surface area contributed by atoms with Crippen LogP contribution in [0.3, 0.4) is 0 Å². The summed E-state index contributed by atoms with van der Waals surface area (Å²) >= 11 is 0. The standard InChI is InChI=1S/C13H19NO2S/c15-10-13(11-4-2-1-3-5-11)14-12-6-8-17(16)9-7-12/h1-5,12-15H,6-10H2/t12?,13-,17?/m1/s1. The van der Waals surface area contributed by atoms with Crippen molar-refractivity contribution >= 4 is 10.8 Å². The Hall–Kier alpha value is -0.710. The van der Waals surface area contributed by atoms with Crippen LogP contribution >= 0.6 is 0 Å². The monoisotopic (exact) mass is 253 g/mol. The second-order valence-electron chi connectivity index (χ2n) is 4.43. The molecule has 2 N–H and O–H groups in total. The fourth-order valence-electron chi connectivity index (χ4n) is 2.18. The molecule has 2 rings (SSSR count). The van der Waals surface area contributed by atoms with Crippen LogP contribution in [0.4, 0.5) is 0 Å². The van der Waals surface area contributed by atoms with E-state index in [9.17, 15) is 9.32 Å². The van der Waals surface area contributed by atoms with Crippen LogP contribution in [-0.4, -0.2) is 33.5 Å². The molecule has 1 aromatic rings. The van der Waals surface area contributed by atoms with Gasteiger partial charge in [0.25, 0.3) is 0 Å². The third-order valence-corrected chi connectivity index (χ3v) is 4.59. The third-order valence-electron chi connectivity index (χ3n) is 3.21. The van der Waals surface area contributed by atoms with E-state index in [2.05, 4.69) is 5.32 Å². The lowest BCUT2D eigenvalue weighted by molar-refractivity contribution is 0.230. The highest BCUT2D eigenvalue weighted by molar-refractivity contribution is 7.85. The predicted octanol–water partition coefficient (Wildman–Crippen LogP) is 1.22.